The molecule has 0 aliphatic carbocycles. The van der Waals surface area contributed by atoms with Crippen LogP contribution in [0.5, 0.6) is 0 Å². The Bertz CT molecular complexity index is 957. The first-order valence-corrected chi connectivity index (χ1v) is 7.22. The SMILES string of the molecule is CCCc1nn(C)c2c(=O)[nH]c(-c3ccccc3[N+](=O)[O-])nc12. The number of fused-ring (bicyclic) bond motifs is 1. The normalized spacial score (nSPS) is 11.0. The summed E-state index contributed by atoms with van der Waals surface area (Å²) in [6, 6.07) is 6.20. The summed E-state index contributed by atoms with van der Waals surface area (Å²) >= 11 is 0. The number of benzene rings is 1. The molecule has 0 aliphatic heterocycles. The number of nitro groups is 1. The molecule has 1 aromatic carbocycles. The molecule has 3 aromatic rings. The molecular formula is C15H15N5O3. The highest BCUT2D eigenvalue weighted by atomic mass is 16.6. The maximum atomic E-state index is 12.4. The van der Waals surface area contributed by atoms with E-state index < -0.39 is 4.92 Å². The van der Waals surface area contributed by atoms with E-state index in [1.165, 1.54) is 10.7 Å². The molecule has 8 nitrogen and oxygen atoms in total. The van der Waals surface area contributed by atoms with Gasteiger partial charge in [-0.1, -0.05) is 25.5 Å². The summed E-state index contributed by atoms with van der Waals surface area (Å²) in [6.07, 6.45) is 1.55. The van der Waals surface area contributed by atoms with Gasteiger partial charge in [0.2, 0.25) is 0 Å². The van der Waals surface area contributed by atoms with Gasteiger partial charge < -0.3 is 4.98 Å². The van der Waals surface area contributed by atoms with Crippen molar-refractivity contribution >= 4 is 16.7 Å². The molecule has 118 valence electrons. The van der Waals surface area contributed by atoms with Crippen LogP contribution >= 0.6 is 0 Å². The Kier molecular flexibility index (Phi) is 3.65. The summed E-state index contributed by atoms with van der Waals surface area (Å²) in [5, 5.41) is 15.5. The van der Waals surface area contributed by atoms with Crippen LogP contribution < -0.4 is 5.56 Å². The van der Waals surface area contributed by atoms with Crippen molar-refractivity contribution in [2.45, 2.75) is 19.8 Å². The third kappa shape index (κ3) is 2.48. The van der Waals surface area contributed by atoms with E-state index in [0.717, 1.165) is 12.1 Å². The van der Waals surface area contributed by atoms with Crippen LogP contribution in [0.3, 0.4) is 0 Å². The average molecular weight is 313 g/mol. The third-order valence-electron chi connectivity index (χ3n) is 3.61. The lowest BCUT2D eigenvalue weighted by Crippen LogP contribution is -2.12. The number of aromatic nitrogens is 4. The van der Waals surface area contributed by atoms with Gasteiger partial charge in [0.25, 0.3) is 11.2 Å². The Hall–Kier alpha value is -3.03. The molecule has 3 rings (SSSR count). The monoisotopic (exact) mass is 313 g/mol. The van der Waals surface area contributed by atoms with Crippen molar-refractivity contribution in [3.63, 3.8) is 0 Å². The van der Waals surface area contributed by atoms with Gasteiger partial charge >= 0.3 is 0 Å². The fourth-order valence-electron chi connectivity index (χ4n) is 2.61. The standard InChI is InChI=1S/C15H15N5O3/c1-3-6-10-12-13(19(2)18-10)15(21)17-14(16-12)9-7-4-5-8-11(9)20(22)23/h4-5,7-8H,3,6H2,1-2H3,(H,16,17,21). The zero-order valence-corrected chi connectivity index (χ0v) is 12.7. The smallest absolute Gasteiger partial charge is 0.280 e. The Labute approximate surface area is 130 Å². The fraction of sp³-hybridized carbons (Fsp3) is 0.267. The highest BCUT2D eigenvalue weighted by molar-refractivity contribution is 5.80. The summed E-state index contributed by atoms with van der Waals surface area (Å²) < 4.78 is 1.50. The Balaban J connectivity index is 2.30. The maximum absolute atomic E-state index is 12.4. The summed E-state index contributed by atoms with van der Waals surface area (Å²) in [5.41, 5.74) is 1.40. The molecule has 0 aliphatic rings. The third-order valence-corrected chi connectivity index (χ3v) is 3.61. The van der Waals surface area contributed by atoms with Crippen molar-refractivity contribution in [2.75, 3.05) is 0 Å². The molecule has 0 radical (unpaired) electrons. The highest BCUT2D eigenvalue weighted by Crippen LogP contribution is 2.27. The van der Waals surface area contributed by atoms with Gasteiger partial charge in [-0.15, -0.1) is 0 Å². The van der Waals surface area contributed by atoms with Gasteiger partial charge in [-0.2, -0.15) is 5.10 Å². The molecule has 0 atom stereocenters. The lowest BCUT2D eigenvalue weighted by Gasteiger charge is -2.03. The van der Waals surface area contributed by atoms with Gasteiger partial charge in [-0.3, -0.25) is 19.6 Å². The number of nitro benzene ring substituents is 1. The molecule has 0 saturated carbocycles. The lowest BCUT2D eigenvalue weighted by atomic mass is 10.1. The first-order valence-electron chi connectivity index (χ1n) is 7.22. The maximum Gasteiger partial charge on any atom is 0.280 e. The molecule has 2 heterocycles. The Morgan fingerprint density at radius 3 is 2.78 bits per heavy atom. The van der Waals surface area contributed by atoms with E-state index >= 15 is 0 Å². The zero-order chi connectivity index (χ0) is 16.6. The summed E-state index contributed by atoms with van der Waals surface area (Å²) in [6.45, 7) is 2.01. The van der Waals surface area contributed by atoms with E-state index in [9.17, 15) is 14.9 Å². The van der Waals surface area contributed by atoms with Gasteiger partial charge in [-0.05, 0) is 12.5 Å². The molecule has 0 unspecified atom stereocenters. The predicted molar refractivity (Wildman–Crippen MR) is 85.2 cm³/mol. The summed E-state index contributed by atoms with van der Waals surface area (Å²) in [5.74, 6) is 0.181. The minimum absolute atomic E-state index is 0.101. The number of hydrogen-bond acceptors (Lipinski definition) is 5. The number of aryl methyl sites for hydroxylation is 2. The van der Waals surface area contributed by atoms with Gasteiger partial charge in [0.1, 0.15) is 11.3 Å². The van der Waals surface area contributed by atoms with E-state index in [1.807, 2.05) is 6.92 Å². The molecule has 0 spiro atoms. The summed E-state index contributed by atoms with van der Waals surface area (Å²) in [7, 11) is 1.68. The van der Waals surface area contributed by atoms with Gasteiger partial charge in [0.05, 0.1) is 16.2 Å². The van der Waals surface area contributed by atoms with E-state index in [4.69, 9.17) is 0 Å². The second-order valence-corrected chi connectivity index (χ2v) is 5.21. The van der Waals surface area contributed by atoms with Gasteiger partial charge in [0.15, 0.2) is 5.52 Å². The first-order chi connectivity index (χ1) is 11.0. The van der Waals surface area contributed by atoms with Crippen molar-refractivity contribution in [1.82, 2.24) is 19.7 Å². The molecule has 0 bridgehead atoms. The number of nitrogens with zero attached hydrogens (tertiary/aromatic N) is 4. The van der Waals surface area contributed by atoms with Crippen molar-refractivity contribution in [3.05, 3.63) is 50.4 Å². The van der Waals surface area contributed by atoms with Crippen LogP contribution in [0.4, 0.5) is 5.69 Å². The van der Waals surface area contributed by atoms with Crippen LogP contribution in [-0.2, 0) is 13.5 Å². The van der Waals surface area contributed by atoms with Crippen molar-refractivity contribution in [2.24, 2.45) is 7.05 Å². The van der Waals surface area contributed by atoms with E-state index in [1.54, 1.807) is 25.2 Å². The van der Waals surface area contributed by atoms with Gasteiger partial charge in [-0.25, -0.2) is 4.98 Å². The van der Waals surface area contributed by atoms with E-state index in [-0.39, 0.29) is 22.6 Å². The largest absolute Gasteiger partial charge is 0.304 e. The second-order valence-electron chi connectivity index (χ2n) is 5.21. The Morgan fingerprint density at radius 1 is 1.35 bits per heavy atom. The van der Waals surface area contributed by atoms with Crippen LogP contribution in [0.25, 0.3) is 22.4 Å². The number of hydrogen-bond donors (Lipinski definition) is 1. The van der Waals surface area contributed by atoms with Crippen molar-refractivity contribution in [3.8, 4) is 11.4 Å². The second kappa shape index (κ2) is 5.64. The summed E-state index contributed by atoms with van der Waals surface area (Å²) in [4.78, 5) is 30.1. The number of rotatable bonds is 4. The quantitative estimate of drug-likeness (QED) is 0.587. The highest BCUT2D eigenvalue weighted by Gasteiger charge is 2.20. The fourth-order valence-corrected chi connectivity index (χ4v) is 2.61. The van der Waals surface area contributed by atoms with Crippen molar-refractivity contribution < 1.29 is 4.92 Å². The number of aromatic amines is 1. The average Bonchev–Trinajstić information content (AvgIpc) is 2.84. The van der Waals surface area contributed by atoms with Crippen LogP contribution in [-0.4, -0.2) is 24.7 Å². The van der Waals surface area contributed by atoms with E-state index in [0.29, 0.717) is 17.5 Å². The van der Waals surface area contributed by atoms with Crippen LogP contribution in [0, 0.1) is 10.1 Å². The minimum atomic E-state index is -0.490. The lowest BCUT2D eigenvalue weighted by molar-refractivity contribution is -0.384. The molecule has 0 amide bonds. The topological polar surface area (TPSA) is 107 Å². The number of para-hydroxylation sites is 1. The first kappa shape index (κ1) is 14.9. The molecule has 0 saturated heterocycles. The predicted octanol–water partition coefficient (Wildman–Crippen LogP) is 2.18. The van der Waals surface area contributed by atoms with E-state index in [2.05, 4.69) is 15.1 Å². The molecule has 2 aromatic heterocycles. The Morgan fingerprint density at radius 2 is 2.09 bits per heavy atom. The molecule has 8 heteroatoms. The van der Waals surface area contributed by atoms with Crippen molar-refractivity contribution in [1.29, 1.82) is 0 Å². The molecular weight excluding hydrogens is 298 g/mol. The zero-order valence-electron chi connectivity index (χ0n) is 12.7. The minimum Gasteiger partial charge on any atom is -0.304 e. The van der Waals surface area contributed by atoms with Gasteiger partial charge in [0, 0.05) is 13.1 Å². The molecule has 1 N–H and O–H groups in total. The number of nitrogens with one attached hydrogen (secondary N) is 1. The molecule has 0 fully saturated rings. The molecule has 23 heavy (non-hydrogen) atoms. The van der Waals surface area contributed by atoms with Crippen LogP contribution in [0.15, 0.2) is 29.1 Å². The van der Waals surface area contributed by atoms with Crippen LogP contribution in [0.1, 0.15) is 19.0 Å². The van der Waals surface area contributed by atoms with Crippen LogP contribution in [0.2, 0.25) is 0 Å². The number of H-pyrrole nitrogens is 1.